The quantitative estimate of drug-likeness (QED) is 0.868. The number of benzene rings is 1. The average Bonchev–Trinajstić information content (AvgIpc) is 3.23. The van der Waals surface area contributed by atoms with Gasteiger partial charge in [-0.3, -0.25) is 4.90 Å². The molecule has 3 heteroatoms. The van der Waals surface area contributed by atoms with Gasteiger partial charge in [0.2, 0.25) is 0 Å². The van der Waals surface area contributed by atoms with Crippen LogP contribution in [0.4, 0.5) is 0 Å². The lowest BCUT2D eigenvalue weighted by Gasteiger charge is -2.36. The molecule has 0 atom stereocenters. The van der Waals surface area contributed by atoms with Gasteiger partial charge in [-0.25, -0.2) is 0 Å². The maximum atomic E-state index is 9.68. The summed E-state index contributed by atoms with van der Waals surface area (Å²) in [6.07, 6.45) is 6.73. The van der Waals surface area contributed by atoms with Crippen molar-refractivity contribution in [3.8, 4) is 5.75 Å². The van der Waals surface area contributed by atoms with Gasteiger partial charge in [-0.05, 0) is 62.1 Å². The van der Waals surface area contributed by atoms with Crippen molar-refractivity contribution in [1.29, 1.82) is 0 Å². The van der Waals surface area contributed by atoms with Crippen LogP contribution in [0.15, 0.2) is 24.3 Å². The molecule has 110 valence electrons. The SMILES string of the molecule is Oc1cccc(CN(CC2CC2)C2CCC(O)CC2)c1. The maximum Gasteiger partial charge on any atom is 0.115 e. The molecular formula is C17H25NO2. The minimum atomic E-state index is -0.0882. The minimum Gasteiger partial charge on any atom is -0.508 e. The van der Waals surface area contributed by atoms with E-state index in [9.17, 15) is 10.2 Å². The van der Waals surface area contributed by atoms with Crippen LogP contribution in [-0.2, 0) is 6.54 Å². The highest BCUT2D eigenvalue weighted by atomic mass is 16.3. The van der Waals surface area contributed by atoms with Crippen LogP contribution in [0.2, 0.25) is 0 Å². The zero-order chi connectivity index (χ0) is 13.9. The van der Waals surface area contributed by atoms with Crippen molar-refractivity contribution >= 4 is 0 Å². The largest absolute Gasteiger partial charge is 0.508 e. The van der Waals surface area contributed by atoms with Crippen LogP contribution in [0, 0.1) is 5.92 Å². The summed E-state index contributed by atoms with van der Waals surface area (Å²) in [6, 6.07) is 8.21. The van der Waals surface area contributed by atoms with Gasteiger partial charge in [-0.15, -0.1) is 0 Å². The van der Waals surface area contributed by atoms with E-state index in [1.54, 1.807) is 6.07 Å². The van der Waals surface area contributed by atoms with Gasteiger partial charge in [0, 0.05) is 19.1 Å². The number of aliphatic hydroxyl groups excluding tert-OH is 1. The molecule has 1 aromatic carbocycles. The van der Waals surface area contributed by atoms with Crippen molar-refractivity contribution in [1.82, 2.24) is 4.90 Å². The highest BCUT2D eigenvalue weighted by Gasteiger charge is 2.30. The number of aromatic hydroxyl groups is 1. The number of hydrogen-bond donors (Lipinski definition) is 2. The molecule has 2 aliphatic rings. The number of hydrogen-bond acceptors (Lipinski definition) is 3. The van der Waals surface area contributed by atoms with E-state index in [1.165, 1.54) is 24.9 Å². The first-order valence-corrected chi connectivity index (χ1v) is 7.91. The van der Waals surface area contributed by atoms with Gasteiger partial charge in [0.05, 0.1) is 6.10 Å². The number of rotatable bonds is 5. The topological polar surface area (TPSA) is 43.7 Å². The Kier molecular flexibility index (Phi) is 4.27. The van der Waals surface area contributed by atoms with Gasteiger partial charge in [0.15, 0.2) is 0 Å². The summed E-state index contributed by atoms with van der Waals surface area (Å²) in [6.45, 7) is 2.10. The fourth-order valence-corrected chi connectivity index (χ4v) is 3.29. The summed E-state index contributed by atoms with van der Waals surface area (Å²) in [4.78, 5) is 2.58. The summed E-state index contributed by atoms with van der Waals surface area (Å²) < 4.78 is 0. The third-order valence-corrected chi connectivity index (χ3v) is 4.67. The number of phenols is 1. The molecule has 0 aliphatic heterocycles. The molecule has 0 amide bonds. The van der Waals surface area contributed by atoms with Crippen LogP contribution >= 0.6 is 0 Å². The van der Waals surface area contributed by atoms with Crippen molar-refractivity contribution in [2.45, 2.75) is 57.2 Å². The van der Waals surface area contributed by atoms with Crippen LogP contribution in [0.25, 0.3) is 0 Å². The van der Waals surface area contributed by atoms with Gasteiger partial charge in [0.1, 0.15) is 5.75 Å². The maximum absolute atomic E-state index is 9.68. The molecule has 2 fully saturated rings. The van der Waals surface area contributed by atoms with Gasteiger partial charge >= 0.3 is 0 Å². The molecule has 0 saturated heterocycles. The zero-order valence-electron chi connectivity index (χ0n) is 12.0. The molecule has 0 aromatic heterocycles. The van der Waals surface area contributed by atoms with Gasteiger partial charge in [-0.1, -0.05) is 12.1 Å². The first-order chi connectivity index (χ1) is 9.70. The molecule has 2 saturated carbocycles. The molecule has 2 aliphatic carbocycles. The van der Waals surface area contributed by atoms with E-state index < -0.39 is 0 Å². The third-order valence-electron chi connectivity index (χ3n) is 4.67. The second-order valence-electron chi connectivity index (χ2n) is 6.51. The van der Waals surface area contributed by atoms with Crippen molar-refractivity contribution in [3.05, 3.63) is 29.8 Å². The van der Waals surface area contributed by atoms with E-state index in [1.807, 2.05) is 12.1 Å². The molecule has 0 radical (unpaired) electrons. The van der Waals surface area contributed by atoms with Crippen LogP contribution < -0.4 is 0 Å². The summed E-state index contributed by atoms with van der Waals surface area (Å²) in [5, 5.41) is 19.3. The fourth-order valence-electron chi connectivity index (χ4n) is 3.29. The predicted octanol–water partition coefficient (Wildman–Crippen LogP) is 2.91. The van der Waals surface area contributed by atoms with Crippen LogP contribution in [0.3, 0.4) is 0 Å². The van der Waals surface area contributed by atoms with E-state index in [4.69, 9.17) is 0 Å². The van der Waals surface area contributed by atoms with Gasteiger partial charge < -0.3 is 10.2 Å². The Balaban J connectivity index is 1.65. The minimum absolute atomic E-state index is 0.0882. The van der Waals surface area contributed by atoms with E-state index >= 15 is 0 Å². The molecule has 0 bridgehead atoms. The number of phenolic OH excluding ortho intramolecular Hbond substituents is 1. The normalized spacial score (nSPS) is 26.9. The molecule has 1 aromatic rings. The highest BCUT2D eigenvalue weighted by Crippen LogP contribution is 2.33. The number of nitrogens with zero attached hydrogens (tertiary/aromatic N) is 1. The summed E-state index contributed by atoms with van der Waals surface area (Å²) in [5.41, 5.74) is 1.19. The standard InChI is InChI=1S/C17H25NO2/c19-16-8-6-15(7-9-16)18(11-13-4-5-13)12-14-2-1-3-17(20)10-14/h1-3,10,13,15-16,19-20H,4-9,11-12H2. The Morgan fingerprint density at radius 3 is 2.45 bits per heavy atom. The van der Waals surface area contributed by atoms with E-state index in [0.717, 1.165) is 38.1 Å². The molecule has 2 N–H and O–H groups in total. The molecule has 0 unspecified atom stereocenters. The second kappa shape index (κ2) is 6.15. The summed E-state index contributed by atoms with van der Waals surface area (Å²) >= 11 is 0. The predicted molar refractivity (Wildman–Crippen MR) is 79.5 cm³/mol. The average molecular weight is 275 g/mol. The Morgan fingerprint density at radius 2 is 1.80 bits per heavy atom. The molecule has 3 rings (SSSR count). The Labute approximate surface area is 121 Å². The molecule has 0 spiro atoms. The molecule has 0 heterocycles. The summed E-state index contributed by atoms with van der Waals surface area (Å²) in [7, 11) is 0. The lowest BCUT2D eigenvalue weighted by atomic mass is 9.91. The Bertz CT molecular complexity index is 436. The van der Waals surface area contributed by atoms with Crippen LogP contribution in [0.5, 0.6) is 5.75 Å². The first-order valence-electron chi connectivity index (χ1n) is 7.91. The van der Waals surface area contributed by atoms with Crippen LogP contribution in [0.1, 0.15) is 44.1 Å². The monoisotopic (exact) mass is 275 g/mol. The first kappa shape index (κ1) is 13.9. The van der Waals surface area contributed by atoms with Crippen molar-refractivity contribution < 1.29 is 10.2 Å². The van der Waals surface area contributed by atoms with Gasteiger partial charge in [-0.2, -0.15) is 0 Å². The molecule has 3 nitrogen and oxygen atoms in total. The molecular weight excluding hydrogens is 250 g/mol. The number of aliphatic hydroxyl groups is 1. The van der Waals surface area contributed by atoms with E-state index in [-0.39, 0.29) is 6.10 Å². The van der Waals surface area contributed by atoms with E-state index in [0.29, 0.717) is 11.8 Å². The third kappa shape index (κ3) is 3.74. The lowest BCUT2D eigenvalue weighted by molar-refractivity contribution is 0.0679. The molecule has 20 heavy (non-hydrogen) atoms. The smallest absolute Gasteiger partial charge is 0.115 e. The van der Waals surface area contributed by atoms with Crippen molar-refractivity contribution in [2.24, 2.45) is 5.92 Å². The van der Waals surface area contributed by atoms with Crippen LogP contribution in [-0.4, -0.2) is 33.8 Å². The zero-order valence-corrected chi connectivity index (χ0v) is 12.0. The van der Waals surface area contributed by atoms with E-state index in [2.05, 4.69) is 11.0 Å². The van der Waals surface area contributed by atoms with Gasteiger partial charge in [0.25, 0.3) is 0 Å². The van der Waals surface area contributed by atoms with Crippen molar-refractivity contribution in [2.75, 3.05) is 6.54 Å². The highest BCUT2D eigenvalue weighted by molar-refractivity contribution is 5.27. The Morgan fingerprint density at radius 1 is 1.05 bits per heavy atom. The lowest BCUT2D eigenvalue weighted by Crippen LogP contribution is -2.39. The second-order valence-corrected chi connectivity index (χ2v) is 6.51. The summed E-state index contributed by atoms with van der Waals surface area (Å²) in [5.74, 6) is 1.23. The Hall–Kier alpha value is -1.06. The van der Waals surface area contributed by atoms with Crippen molar-refractivity contribution in [3.63, 3.8) is 0 Å². The fraction of sp³-hybridized carbons (Fsp3) is 0.647.